The van der Waals surface area contributed by atoms with E-state index in [2.05, 4.69) is 10.2 Å². The van der Waals surface area contributed by atoms with E-state index in [-0.39, 0.29) is 0 Å². The lowest BCUT2D eigenvalue weighted by atomic mass is 10.1. The van der Waals surface area contributed by atoms with Crippen LogP contribution in [0, 0.1) is 13.8 Å². The van der Waals surface area contributed by atoms with E-state index in [1.165, 1.54) is 0 Å². The lowest BCUT2D eigenvalue weighted by molar-refractivity contribution is 0.263. The molecule has 2 rings (SSSR count). The molecule has 0 saturated carbocycles. The van der Waals surface area contributed by atoms with Crippen LogP contribution in [0.2, 0.25) is 0 Å². The van der Waals surface area contributed by atoms with Gasteiger partial charge in [0.2, 0.25) is 10.0 Å². The van der Waals surface area contributed by atoms with E-state index in [9.17, 15) is 8.42 Å². The van der Waals surface area contributed by atoms with Crippen molar-refractivity contribution in [2.24, 2.45) is 0 Å². The molecular formula is C17H28N4O2S2. The van der Waals surface area contributed by atoms with E-state index in [0.29, 0.717) is 36.2 Å². The Bertz CT molecular complexity index is 711. The molecule has 25 heavy (non-hydrogen) atoms. The van der Waals surface area contributed by atoms with Crippen LogP contribution in [0.3, 0.4) is 0 Å². The van der Waals surface area contributed by atoms with Crippen LogP contribution >= 0.6 is 12.2 Å². The van der Waals surface area contributed by atoms with Crippen molar-refractivity contribution in [3.8, 4) is 0 Å². The molecule has 1 heterocycles. The van der Waals surface area contributed by atoms with Crippen LogP contribution in [0.1, 0.15) is 11.1 Å². The minimum absolute atomic E-state index is 0.371. The number of sulfonamides is 1. The first-order valence-electron chi connectivity index (χ1n) is 8.46. The summed E-state index contributed by atoms with van der Waals surface area (Å²) < 4.78 is 27.2. The van der Waals surface area contributed by atoms with Crippen molar-refractivity contribution in [2.45, 2.75) is 18.7 Å². The number of rotatable bonds is 5. The zero-order valence-corrected chi connectivity index (χ0v) is 17.1. The fourth-order valence-corrected chi connectivity index (χ4v) is 4.45. The molecule has 1 aromatic carbocycles. The van der Waals surface area contributed by atoms with Crippen molar-refractivity contribution in [1.29, 1.82) is 0 Å². The molecule has 1 aliphatic rings. The van der Waals surface area contributed by atoms with Gasteiger partial charge in [-0.3, -0.25) is 0 Å². The zero-order chi connectivity index (χ0) is 18.6. The maximum atomic E-state index is 12.8. The van der Waals surface area contributed by atoms with E-state index in [1.54, 1.807) is 16.4 Å². The monoisotopic (exact) mass is 384 g/mol. The number of thiocarbonyl (C=S) groups is 1. The molecule has 8 heteroatoms. The first-order chi connectivity index (χ1) is 11.7. The van der Waals surface area contributed by atoms with Crippen LogP contribution in [0.25, 0.3) is 0 Å². The summed E-state index contributed by atoms with van der Waals surface area (Å²) >= 11 is 5.41. The summed E-state index contributed by atoms with van der Waals surface area (Å²) in [6.07, 6.45) is 0. The van der Waals surface area contributed by atoms with Crippen molar-refractivity contribution in [1.82, 2.24) is 19.4 Å². The third-order valence-electron chi connectivity index (χ3n) is 4.48. The molecule has 0 unspecified atom stereocenters. The van der Waals surface area contributed by atoms with Crippen molar-refractivity contribution in [2.75, 3.05) is 53.4 Å². The van der Waals surface area contributed by atoms with Crippen molar-refractivity contribution in [3.05, 3.63) is 29.3 Å². The van der Waals surface area contributed by atoms with Gasteiger partial charge in [-0.1, -0.05) is 6.07 Å². The van der Waals surface area contributed by atoms with E-state index in [4.69, 9.17) is 12.2 Å². The van der Waals surface area contributed by atoms with E-state index in [0.717, 1.165) is 24.2 Å². The lowest BCUT2D eigenvalue weighted by Gasteiger charge is -2.35. The van der Waals surface area contributed by atoms with Crippen LogP contribution in [-0.2, 0) is 10.0 Å². The molecule has 0 aromatic heterocycles. The molecule has 1 aliphatic heterocycles. The van der Waals surface area contributed by atoms with Crippen molar-refractivity contribution >= 4 is 27.4 Å². The van der Waals surface area contributed by atoms with Crippen LogP contribution in [0.5, 0.6) is 0 Å². The molecule has 0 aliphatic carbocycles. The molecule has 0 atom stereocenters. The Kier molecular flexibility index (Phi) is 6.79. The molecule has 6 nitrogen and oxygen atoms in total. The standard InChI is InChI=1S/C17H28N4O2S2/c1-14-5-6-16(13-15(14)2)25(22,23)21-11-9-20(10-12-21)17(24)18-7-8-19(3)4/h5-6,13H,7-12H2,1-4H3,(H,18,24). The third kappa shape index (κ3) is 5.13. The molecule has 1 saturated heterocycles. The van der Waals surface area contributed by atoms with Crippen LogP contribution in [-0.4, -0.2) is 81.0 Å². The Labute approximate surface area is 156 Å². The SMILES string of the molecule is Cc1ccc(S(=O)(=O)N2CCN(C(=S)NCCN(C)C)CC2)cc1C. The number of hydrogen-bond donors (Lipinski definition) is 1. The number of benzene rings is 1. The summed E-state index contributed by atoms with van der Waals surface area (Å²) in [7, 11) is 0.588. The topological polar surface area (TPSA) is 55.9 Å². The highest BCUT2D eigenvalue weighted by Crippen LogP contribution is 2.20. The summed E-state index contributed by atoms with van der Waals surface area (Å²) in [6, 6.07) is 5.31. The van der Waals surface area contributed by atoms with Crippen molar-refractivity contribution in [3.63, 3.8) is 0 Å². The normalized spacial score (nSPS) is 16.3. The van der Waals surface area contributed by atoms with Gasteiger partial charge in [-0.15, -0.1) is 0 Å². The van der Waals surface area contributed by atoms with Gasteiger partial charge < -0.3 is 15.1 Å². The summed E-state index contributed by atoms with van der Waals surface area (Å²) in [5, 5.41) is 3.93. The molecule has 1 N–H and O–H groups in total. The fraction of sp³-hybridized carbons (Fsp3) is 0.588. The molecule has 0 spiro atoms. The van der Waals surface area contributed by atoms with Gasteiger partial charge in [-0.05, 0) is 63.4 Å². The Morgan fingerprint density at radius 2 is 1.80 bits per heavy atom. The number of nitrogens with zero attached hydrogens (tertiary/aromatic N) is 3. The smallest absolute Gasteiger partial charge is 0.243 e. The molecule has 0 bridgehead atoms. The molecular weight excluding hydrogens is 356 g/mol. The Hall–Kier alpha value is -1.22. The summed E-state index contributed by atoms with van der Waals surface area (Å²) in [4.78, 5) is 4.50. The second-order valence-corrected chi connectivity index (χ2v) is 9.00. The average Bonchev–Trinajstić information content (AvgIpc) is 2.57. The highest BCUT2D eigenvalue weighted by atomic mass is 32.2. The summed E-state index contributed by atoms with van der Waals surface area (Å²) in [6.45, 7) is 7.72. The number of piperazine rings is 1. The van der Waals surface area contributed by atoms with Crippen LogP contribution in [0.4, 0.5) is 0 Å². The lowest BCUT2D eigenvalue weighted by Crippen LogP contribution is -2.53. The molecule has 0 amide bonds. The Morgan fingerprint density at radius 3 is 2.36 bits per heavy atom. The van der Waals surface area contributed by atoms with Crippen LogP contribution < -0.4 is 5.32 Å². The molecule has 140 valence electrons. The first kappa shape index (κ1) is 20.1. The second-order valence-electron chi connectivity index (χ2n) is 6.67. The largest absolute Gasteiger partial charge is 0.361 e. The fourth-order valence-electron chi connectivity index (χ4n) is 2.65. The highest BCUT2D eigenvalue weighted by molar-refractivity contribution is 7.89. The maximum Gasteiger partial charge on any atom is 0.243 e. The average molecular weight is 385 g/mol. The summed E-state index contributed by atoms with van der Waals surface area (Å²) in [5.74, 6) is 0. The van der Waals surface area contributed by atoms with E-state index in [1.807, 2.05) is 38.9 Å². The van der Waals surface area contributed by atoms with Gasteiger partial charge in [0, 0.05) is 39.3 Å². The van der Waals surface area contributed by atoms with Crippen LogP contribution in [0.15, 0.2) is 23.1 Å². The number of likely N-dealkylation sites (N-methyl/N-ethyl adjacent to an activating group) is 1. The van der Waals surface area contributed by atoms with Gasteiger partial charge in [-0.25, -0.2) is 8.42 Å². The molecule has 1 fully saturated rings. The molecule has 1 aromatic rings. The zero-order valence-electron chi connectivity index (χ0n) is 15.4. The minimum Gasteiger partial charge on any atom is -0.361 e. The van der Waals surface area contributed by atoms with Gasteiger partial charge >= 0.3 is 0 Å². The van der Waals surface area contributed by atoms with Gasteiger partial charge in [0.25, 0.3) is 0 Å². The third-order valence-corrected chi connectivity index (χ3v) is 6.77. The quantitative estimate of drug-likeness (QED) is 0.766. The second kappa shape index (κ2) is 8.44. The van der Waals surface area contributed by atoms with Crippen molar-refractivity contribution < 1.29 is 8.42 Å². The predicted octanol–water partition coefficient (Wildman–Crippen LogP) is 1.05. The van der Waals surface area contributed by atoms with E-state index < -0.39 is 10.0 Å². The first-order valence-corrected chi connectivity index (χ1v) is 10.3. The van der Waals surface area contributed by atoms with Gasteiger partial charge in [-0.2, -0.15) is 4.31 Å². The minimum atomic E-state index is -3.44. The van der Waals surface area contributed by atoms with Gasteiger partial charge in [0.1, 0.15) is 0 Å². The number of aryl methyl sites for hydroxylation is 2. The van der Waals surface area contributed by atoms with Gasteiger partial charge in [0.15, 0.2) is 5.11 Å². The Morgan fingerprint density at radius 1 is 1.16 bits per heavy atom. The van der Waals surface area contributed by atoms with Gasteiger partial charge in [0.05, 0.1) is 4.90 Å². The number of hydrogen-bond acceptors (Lipinski definition) is 4. The predicted molar refractivity (Wildman–Crippen MR) is 105 cm³/mol. The maximum absolute atomic E-state index is 12.8. The number of nitrogens with one attached hydrogen (secondary N) is 1. The summed E-state index contributed by atoms with van der Waals surface area (Å²) in [5.41, 5.74) is 2.09. The molecule has 0 radical (unpaired) electrons. The van der Waals surface area contributed by atoms with E-state index >= 15 is 0 Å². The highest BCUT2D eigenvalue weighted by Gasteiger charge is 2.29. The Balaban J connectivity index is 1.94.